The molecule has 8 rings (SSSR count). The van der Waals surface area contributed by atoms with Crippen molar-refractivity contribution in [3.63, 3.8) is 0 Å². The summed E-state index contributed by atoms with van der Waals surface area (Å²) >= 11 is 8.28. The van der Waals surface area contributed by atoms with E-state index in [1.165, 1.54) is 29.4 Å². The fourth-order valence-electron chi connectivity index (χ4n) is 9.60. The van der Waals surface area contributed by atoms with Gasteiger partial charge in [0.25, 0.3) is 0 Å². The van der Waals surface area contributed by atoms with Crippen LogP contribution in [-0.4, -0.2) is 92.9 Å². The lowest BCUT2D eigenvalue weighted by molar-refractivity contribution is -0.140. The van der Waals surface area contributed by atoms with E-state index in [0.717, 1.165) is 44.2 Å². The van der Waals surface area contributed by atoms with Gasteiger partial charge in [0.05, 0.1) is 36.2 Å². The highest BCUT2D eigenvalue weighted by Crippen LogP contribution is 2.71. The average molecular weight is 957 g/mol. The number of halogens is 3. The van der Waals surface area contributed by atoms with E-state index in [2.05, 4.69) is 16.0 Å². The number of carbonyl (C=O) groups is 3. The summed E-state index contributed by atoms with van der Waals surface area (Å²) in [6.45, 7) is 3.98. The Hall–Kier alpha value is -4.57. The summed E-state index contributed by atoms with van der Waals surface area (Å²) in [7, 11) is -2.84. The van der Waals surface area contributed by atoms with Gasteiger partial charge in [-0.05, 0) is 83.1 Å². The third kappa shape index (κ3) is 10.2. The van der Waals surface area contributed by atoms with Gasteiger partial charge in [0.2, 0.25) is 19.2 Å². The lowest BCUT2D eigenvalue weighted by Crippen LogP contribution is -2.54. The predicted octanol–water partition coefficient (Wildman–Crippen LogP) is 9.35. The second-order valence-corrected chi connectivity index (χ2v) is 21.9. The molecule has 4 aromatic rings. The summed E-state index contributed by atoms with van der Waals surface area (Å²) in [4.78, 5) is 65.5. The van der Waals surface area contributed by atoms with Crippen molar-refractivity contribution in [3.8, 4) is 22.9 Å². The van der Waals surface area contributed by atoms with Crippen LogP contribution >= 0.6 is 30.3 Å². The first kappa shape index (κ1) is 46.9. The number of ether oxygens (including phenoxy) is 3. The van der Waals surface area contributed by atoms with Crippen LogP contribution in [0.15, 0.2) is 41.8 Å². The highest BCUT2D eigenvalue weighted by molar-refractivity contribution is 7.59. The summed E-state index contributed by atoms with van der Waals surface area (Å²) in [6.07, 6.45) is 4.98. The zero-order chi connectivity index (χ0) is 46.0. The molecule has 2 aromatic heterocycles. The number of fused-ring (bicyclic) bond motifs is 3. The summed E-state index contributed by atoms with van der Waals surface area (Å²) in [6, 6.07) is 5.76. The maximum atomic E-state index is 14.9. The van der Waals surface area contributed by atoms with Crippen molar-refractivity contribution in [2.75, 3.05) is 19.0 Å². The van der Waals surface area contributed by atoms with Gasteiger partial charge in [0.15, 0.2) is 5.13 Å². The monoisotopic (exact) mass is 956 g/mol. The molecule has 4 aliphatic rings. The molecule has 19 heteroatoms. The van der Waals surface area contributed by atoms with Crippen molar-refractivity contribution in [2.45, 2.75) is 145 Å². The standard InChI is InChI=1S/C46H56ClF2N6O8PS/c1-26(2)50-44-52-35(25-65-44)34-21-38(29-17-18-37(61-3)40(47)41(29)51-34)62-28-20-36-42(56)54-39-22-46(39,64(59,60)24-30-31(48)14-11-15-32(30)49)19-10-6-4-5-7-16-33(43(57)55(36)23-28)53-45(58)63-27-12-8-9-13-27/h11,14-15,17-18,21,25-28,33,36,39H,4-10,12-13,16,19-20,22-24H2,1-3H3,(H,50,52)(H,53,58)(H,54,56)(H,59,60)/t28-,33+,36+,39-,46-/m1/s1. The van der Waals surface area contributed by atoms with Gasteiger partial charge in [-0.1, -0.05) is 49.8 Å². The fourth-order valence-corrected chi connectivity index (χ4v) is 13.3. The molecule has 2 aromatic carbocycles. The smallest absolute Gasteiger partial charge is 0.408 e. The quantitative estimate of drug-likeness (QED) is 0.105. The first-order chi connectivity index (χ1) is 31.2. The van der Waals surface area contributed by atoms with Crippen molar-refractivity contribution in [3.05, 3.63) is 64.0 Å². The van der Waals surface area contributed by atoms with Gasteiger partial charge in [-0.3, -0.25) is 14.2 Å². The number of hydrogen-bond acceptors (Lipinski definition) is 11. The van der Waals surface area contributed by atoms with Crippen LogP contribution in [-0.2, 0) is 25.1 Å². The number of alkyl carbamates (subject to hydrolysis) is 1. The van der Waals surface area contributed by atoms with Gasteiger partial charge < -0.3 is 40.0 Å². The van der Waals surface area contributed by atoms with Crippen molar-refractivity contribution in [1.29, 1.82) is 0 Å². The van der Waals surface area contributed by atoms with Crippen LogP contribution in [0.1, 0.15) is 103 Å². The Labute approximate surface area is 386 Å². The topological polar surface area (TPSA) is 181 Å². The molecule has 4 N–H and O–H groups in total. The van der Waals surface area contributed by atoms with Crippen molar-refractivity contribution < 1.29 is 46.8 Å². The number of pyridine rings is 1. The third-order valence-corrected chi connectivity index (χ3v) is 17.1. The normalized spacial score (nSPS) is 25.2. The molecule has 2 saturated carbocycles. The second-order valence-electron chi connectivity index (χ2n) is 18.0. The van der Waals surface area contributed by atoms with Gasteiger partial charge in [-0.15, -0.1) is 11.3 Å². The zero-order valence-electron chi connectivity index (χ0n) is 36.7. The van der Waals surface area contributed by atoms with E-state index in [9.17, 15) is 32.6 Å². The molecular weight excluding hydrogens is 901 g/mol. The molecule has 4 fully saturated rings. The van der Waals surface area contributed by atoms with E-state index in [1.54, 1.807) is 18.2 Å². The van der Waals surface area contributed by atoms with Crippen molar-refractivity contribution in [1.82, 2.24) is 25.5 Å². The largest absolute Gasteiger partial charge is 0.495 e. The van der Waals surface area contributed by atoms with Gasteiger partial charge in [0.1, 0.15) is 58.1 Å². The Morgan fingerprint density at radius 3 is 2.48 bits per heavy atom. The second kappa shape index (κ2) is 19.7. The van der Waals surface area contributed by atoms with Crippen LogP contribution in [0.4, 0.5) is 18.7 Å². The summed E-state index contributed by atoms with van der Waals surface area (Å²) in [5.41, 5.74) is 0.969. The number of benzene rings is 2. The number of aromatic nitrogens is 2. The van der Waals surface area contributed by atoms with Crippen LogP contribution in [0.25, 0.3) is 22.3 Å². The molecule has 4 heterocycles. The highest BCUT2D eigenvalue weighted by atomic mass is 35.5. The molecule has 2 saturated heterocycles. The molecule has 3 amide bonds. The van der Waals surface area contributed by atoms with Crippen molar-refractivity contribution in [2.24, 2.45) is 0 Å². The molecule has 0 bridgehead atoms. The predicted molar refractivity (Wildman–Crippen MR) is 245 cm³/mol. The number of thiazole rings is 1. The van der Waals surface area contributed by atoms with E-state index in [1.807, 2.05) is 19.2 Å². The van der Waals surface area contributed by atoms with E-state index >= 15 is 0 Å². The van der Waals surface area contributed by atoms with Gasteiger partial charge >= 0.3 is 6.09 Å². The minimum absolute atomic E-state index is 0.0238. The Kier molecular flexibility index (Phi) is 14.2. The summed E-state index contributed by atoms with van der Waals surface area (Å²) in [5.74, 6) is -2.11. The minimum atomic E-state index is -4.34. The average Bonchev–Trinajstić information content (AvgIpc) is 3.68. The number of methoxy groups -OCH3 is 1. The van der Waals surface area contributed by atoms with Crippen molar-refractivity contribution >= 4 is 64.2 Å². The highest BCUT2D eigenvalue weighted by Gasteiger charge is 2.65. The van der Waals surface area contributed by atoms with Crippen LogP contribution in [0, 0.1) is 11.6 Å². The first-order valence-corrected chi connectivity index (χ1v) is 25.7. The van der Waals surface area contributed by atoms with Gasteiger partial charge in [-0.2, -0.15) is 0 Å². The number of nitrogens with one attached hydrogen (secondary N) is 3. The van der Waals surface area contributed by atoms with E-state index < -0.39 is 78.0 Å². The SMILES string of the molecule is COc1ccc2c(O[C@@H]3C[C@H]4C(=O)N[C@@H]5C[C@]5(P(=O)(O)Cc5c(F)cccc5F)CCCCCCC[C@H](NC(=O)OC5CCCC5)C(=O)N4C3)cc(-c3csc(NC(C)C)n3)nc2c1Cl. The lowest BCUT2D eigenvalue weighted by atomic mass is 10.0. The van der Waals surface area contributed by atoms with Crippen LogP contribution < -0.4 is 25.4 Å². The Balaban J connectivity index is 1.12. The number of hydrogen-bond donors (Lipinski definition) is 4. The molecule has 6 atom stereocenters. The maximum absolute atomic E-state index is 14.9. The molecule has 14 nitrogen and oxygen atoms in total. The van der Waals surface area contributed by atoms with Crippen LogP contribution in [0.2, 0.25) is 5.02 Å². The number of anilines is 1. The van der Waals surface area contributed by atoms with E-state index in [-0.39, 0.29) is 43.0 Å². The maximum Gasteiger partial charge on any atom is 0.408 e. The van der Waals surface area contributed by atoms with E-state index in [0.29, 0.717) is 71.0 Å². The molecule has 1 unspecified atom stereocenters. The van der Waals surface area contributed by atoms with Gasteiger partial charge in [-0.25, -0.2) is 23.5 Å². The van der Waals surface area contributed by atoms with Gasteiger partial charge in [0, 0.05) is 40.9 Å². The summed E-state index contributed by atoms with van der Waals surface area (Å²) in [5, 5.41) is 11.2. The molecule has 350 valence electrons. The molecule has 2 aliphatic carbocycles. The molecule has 0 radical (unpaired) electrons. The minimum Gasteiger partial charge on any atom is -0.495 e. The van der Waals surface area contributed by atoms with E-state index in [4.69, 9.17) is 35.8 Å². The number of amides is 3. The molecule has 65 heavy (non-hydrogen) atoms. The number of carbonyl (C=O) groups excluding carboxylic acids is 3. The first-order valence-electron chi connectivity index (χ1n) is 22.6. The fraction of sp³-hybridized carbons (Fsp3) is 0.543. The lowest BCUT2D eigenvalue weighted by Gasteiger charge is -2.29. The van der Waals surface area contributed by atoms with Crippen LogP contribution in [0.5, 0.6) is 11.5 Å². The number of rotatable bonds is 11. The Bertz CT molecular complexity index is 2450. The number of nitrogens with zero attached hydrogens (tertiary/aromatic N) is 3. The Morgan fingerprint density at radius 1 is 1.02 bits per heavy atom. The summed E-state index contributed by atoms with van der Waals surface area (Å²) < 4.78 is 62.1. The molecular formula is C46H56ClF2N6O8PS. The molecule has 2 aliphatic heterocycles. The third-order valence-electron chi connectivity index (χ3n) is 13.1. The van der Waals surface area contributed by atoms with Crippen LogP contribution in [0.3, 0.4) is 0 Å². The Morgan fingerprint density at radius 2 is 1.74 bits per heavy atom. The molecule has 0 spiro atoms. The zero-order valence-corrected chi connectivity index (χ0v) is 39.2.